The minimum Gasteiger partial charge on any atom is -0.378 e. The zero-order valence-electron chi connectivity index (χ0n) is 22.6. The van der Waals surface area contributed by atoms with Crippen LogP contribution in [-0.2, 0) is 20.7 Å². The summed E-state index contributed by atoms with van der Waals surface area (Å²) in [5, 5.41) is 5.78. The molecule has 2 fully saturated rings. The van der Waals surface area contributed by atoms with E-state index in [1.807, 2.05) is 89.8 Å². The van der Waals surface area contributed by atoms with Crippen molar-refractivity contribution < 1.29 is 19.1 Å². The van der Waals surface area contributed by atoms with Gasteiger partial charge in [0.1, 0.15) is 6.04 Å². The van der Waals surface area contributed by atoms with Gasteiger partial charge in [-0.3, -0.25) is 9.59 Å². The van der Waals surface area contributed by atoms with Crippen LogP contribution in [-0.4, -0.2) is 73.1 Å². The largest absolute Gasteiger partial charge is 0.378 e. The summed E-state index contributed by atoms with van der Waals surface area (Å²) in [6, 6.07) is 26.2. The molecule has 8 nitrogen and oxygen atoms in total. The van der Waals surface area contributed by atoms with Crippen molar-refractivity contribution in [1.29, 1.82) is 0 Å². The predicted octanol–water partition coefficient (Wildman–Crippen LogP) is 4.18. The number of carbonyl (C=O) groups excluding carboxylic acids is 3. The van der Waals surface area contributed by atoms with Crippen molar-refractivity contribution in [1.82, 2.24) is 15.1 Å². The maximum atomic E-state index is 13.6. The lowest BCUT2D eigenvalue weighted by atomic mass is 9.94. The molecule has 3 aromatic carbocycles. The number of anilines is 1. The molecule has 1 atom stereocenters. The van der Waals surface area contributed by atoms with Gasteiger partial charge < -0.3 is 25.2 Å². The number of likely N-dealkylation sites (tertiary alicyclic amines) is 1. The first kappa shape index (κ1) is 27.4. The Balaban J connectivity index is 1.20. The van der Waals surface area contributed by atoms with Crippen LogP contribution in [0.3, 0.4) is 0 Å². The van der Waals surface area contributed by atoms with Crippen molar-refractivity contribution in [2.24, 2.45) is 5.92 Å². The number of ether oxygens (including phenoxy) is 1. The Bertz CT molecular complexity index is 1270. The van der Waals surface area contributed by atoms with Crippen LogP contribution in [0.25, 0.3) is 11.1 Å². The topological polar surface area (TPSA) is 91.0 Å². The molecule has 40 heavy (non-hydrogen) atoms. The molecule has 0 radical (unpaired) electrons. The van der Waals surface area contributed by atoms with Crippen molar-refractivity contribution in [3.8, 4) is 11.1 Å². The van der Waals surface area contributed by atoms with Crippen LogP contribution in [0.4, 0.5) is 10.5 Å². The van der Waals surface area contributed by atoms with Crippen molar-refractivity contribution in [2.75, 3.05) is 44.7 Å². The summed E-state index contributed by atoms with van der Waals surface area (Å²) in [4.78, 5) is 43.2. The third-order valence-corrected chi connectivity index (χ3v) is 7.61. The predicted molar refractivity (Wildman–Crippen MR) is 155 cm³/mol. The first-order chi connectivity index (χ1) is 19.6. The second kappa shape index (κ2) is 13.3. The van der Waals surface area contributed by atoms with E-state index in [4.69, 9.17) is 4.74 Å². The Hall–Kier alpha value is -4.17. The van der Waals surface area contributed by atoms with Gasteiger partial charge in [-0.2, -0.15) is 0 Å². The molecule has 208 valence electrons. The molecule has 0 bridgehead atoms. The fourth-order valence-corrected chi connectivity index (χ4v) is 5.36. The zero-order chi connectivity index (χ0) is 27.7. The lowest BCUT2D eigenvalue weighted by Crippen LogP contribution is -2.53. The van der Waals surface area contributed by atoms with Crippen LogP contribution >= 0.6 is 0 Å². The van der Waals surface area contributed by atoms with Crippen LogP contribution in [0.1, 0.15) is 18.4 Å². The number of urea groups is 1. The minimum absolute atomic E-state index is 0.0789. The third-order valence-electron chi connectivity index (χ3n) is 7.61. The molecular formula is C32H36N4O4. The van der Waals surface area contributed by atoms with Crippen molar-refractivity contribution >= 4 is 23.5 Å². The number of piperidine rings is 1. The molecule has 0 unspecified atom stereocenters. The second-order valence-electron chi connectivity index (χ2n) is 10.3. The highest BCUT2D eigenvalue weighted by Gasteiger charge is 2.33. The smallest absolute Gasteiger partial charge is 0.319 e. The van der Waals surface area contributed by atoms with Gasteiger partial charge in [0.15, 0.2) is 0 Å². The quantitative estimate of drug-likeness (QED) is 0.470. The maximum absolute atomic E-state index is 13.6. The molecule has 2 aliphatic heterocycles. The van der Waals surface area contributed by atoms with Crippen LogP contribution in [0.15, 0.2) is 84.9 Å². The molecule has 0 saturated carbocycles. The van der Waals surface area contributed by atoms with Crippen LogP contribution in [0, 0.1) is 5.92 Å². The van der Waals surface area contributed by atoms with Crippen LogP contribution < -0.4 is 10.6 Å². The number of hydrogen-bond donors (Lipinski definition) is 2. The highest BCUT2D eigenvalue weighted by molar-refractivity contribution is 5.94. The van der Waals surface area contributed by atoms with Crippen molar-refractivity contribution in [3.63, 3.8) is 0 Å². The number of rotatable bonds is 7. The van der Waals surface area contributed by atoms with Crippen LogP contribution in [0.5, 0.6) is 0 Å². The summed E-state index contributed by atoms with van der Waals surface area (Å²) in [7, 11) is 0. The van der Waals surface area contributed by atoms with Gasteiger partial charge in [0.25, 0.3) is 0 Å². The molecule has 8 heteroatoms. The lowest BCUT2D eigenvalue weighted by molar-refractivity contribution is -0.144. The summed E-state index contributed by atoms with van der Waals surface area (Å²) >= 11 is 0. The number of benzene rings is 3. The summed E-state index contributed by atoms with van der Waals surface area (Å²) in [5.74, 6) is -0.0486. The SMILES string of the molecule is O=C(Nc1ccc(-c2ccccc2)cc1)N[C@@H](Cc1ccccc1)C(=O)N1CCC(C(=O)N2CCOCC2)CC1. The molecule has 0 aromatic heterocycles. The molecule has 2 saturated heterocycles. The average Bonchev–Trinajstić information content (AvgIpc) is 3.02. The Morgan fingerprint density at radius 1 is 0.750 bits per heavy atom. The first-order valence-corrected chi connectivity index (χ1v) is 14.0. The highest BCUT2D eigenvalue weighted by atomic mass is 16.5. The number of nitrogens with zero attached hydrogens (tertiary/aromatic N) is 2. The van der Waals surface area contributed by atoms with E-state index in [1.54, 1.807) is 4.90 Å². The minimum atomic E-state index is -0.725. The van der Waals surface area contributed by atoms with Crippen LogP contribution in [0.2, 0.25) is 0 Å². The lowest BCUT2D eigenvalue weighted by Gasteiger charge is -2.36. The van der Waals surface area contributed by atoms with Crippen molar-refractivity contribution in [3.05, 3.63) is 90.5 Å². The standard InChI is InChI=1S/C32H36N4O4/c37-30(36-19-21-40-22-20-36)27-15-17-35(18-16-27)31(38)29(23-24-7-3-1-4-8-24)34-32(39)33-28-13-11-26(12-14-28)25-9-5-2-6-10-25/h1-14,27,29H,15-23H2,(H2,33,34,39)/t29-/m0/s1. The Kier molecular flexibility index (Phi) is 9.08. The molecule has 2 heterocycles. The first-order valence-electron chi connectivity index (χ1n) is 14.0. The summed E-state index contributed by atoms with van der Waals surface area (Å²) in [6.45, 7) is 3.41. The summed E-state index contributed by atoms with van der Waals surface area (Å²) in [5.41, 5.74) is 3.76. The monoisotopic (exact) mass is 540 g/mol. The Labute approximate surface area is 235 Å². The van der Waals surface area contributed by atoms with E-state index in [2.05, 4.69) is 10.6 Å². The third kappa shape index (κ3) is 7.07. The van der Waals surface area contributed by atoms with E-state index < -0.39 is 12.1 Å². The van der Waals surface area contributed by atoms with E-state index >= 15 is 0 Å². The second-order valence-corrected chi connectivity index (χ2v) is 10.3. The van der Waals surface area contributed by atoms with E-state index in [1.165, 1.54) is 0 Å². The number of morpholine rings is 1. The molecule has 4 amide bonds. The van der Waals surface area contributed by atoms with Crippen molar-refractivity contribution in [2.45, 2.75) is 25.3 Å². The van der Waals surface area contributed by atoms with E-state index in [-0.39, 0.29) is 17.7 Å². The fraction of sp³-hybridized carbons (Fsp3) is 0.344. The van der Waals surface area contributed by atoms with Gasteiger partial charge in [-0.1, -0.05) is 72.8 Å². The molecule has 0 spiro atoms. The molecule has 3 aromatic rings. The van der Waals surface area contributed by atoms with Gasteiger partial charge >= 0.3 is 6.03 Å². The number of amides is 4. The molecule has 2 N–H and O–H groups in total. The number of nitrogens with one attached hydrogen (secondary N) is 2. The molecule has 2 aliphatic rings. The average molecular weight is 541 g/mol. The summed E-state index contributed by atoms with van der Waals surface area (Å²) in [6.07, 6.45) is 1.63. The molecular weight excluding hydrogens is 504 g/mol. The van der Waals surface area contributed by atoms with E-state index in [0.717, 1.165) is 16.7 Å². The molecule has 5 rings (SSSR count). The van der Waals surface area contributed by atoms with E-state index in [0.29, 0.717) is 64.3 Å². The number of carbonyl (C=O) groups is 3. The van der Waals surface area contributed by atoms with Gasteiger partial charge in [0.05, 0.1) is 13.2 Å². The molecule has 0 aliphatic carbocycles. The van der Waals surface area contributed by atoms with E-state index in [9.17, 15) is 14.4 Å². The normalized spacial score (nSPS) is 16.7. The fourth-order valence-electron chi connectivity index (χ4n) is 5.36. The maximum Gasteiger partial charge on any atom is 0.319 e. The Morgan fingerprint density at radius 3 is 2.00 bits per heavy atom. The highest BCUT2D eigenvalue weighted by Crippen LogP contribution is 2.23. The zero-order valence-corrected chi connectivity index (χ0v) is 22.6. The van der Waals surface area contributed by atoms with Gasteiger partial charge in [0, 0.05) is 44.2 Å². The summed E-state index contributed by atoms with van der Waals surface area (Å²) < 4.78 is 5.37. The Morgan fingerprint density at radius 2 is 1.35 bits per heavy atom. The van der Waals surface area contributed by atoms with Gasteiger partial charge in [-0.05, 0) is 41.7 Å². The van der Waals surface area contributed by atoms with Gasteiger partial charge in [-0.25, -0.2) is 4.79 Å². The van der Waals surface area contributed by atoms with Gasteiger partial charge in [0.2, 0.25) is 11.8 Å². The number of hydrogen-bond acceptors (Lipinski definition) is 4. The van der Waals surface area contributed by atoms with Gasteiger partial charge in [-0.15, -0.1) is 0 Å².